The number of rotatable bonds is 4. The minimum atomic E-state index is -0.0791. The van der Waals surface area contributed by atoms with Crippen LogP contribution in [0.4, 0.5) is 5.82 Å². The van der Waals surface area contributed by atoms with Gasteiger partial charge in [-0.25, -0.2) is 0 Å². The highest BCUT2D eigenvalue weighted by molar-refractivity contribution is 5.98. The molecule has 2 N–H and O–H groups in total. The van der Waals surface area contributed by atoms with Crippen LogP contribution in [0.25, 0.3) is 0 Å². The first-order chi connectivity index (χ1) is 12.7. The molecule has 0 bridgehead atoms. The Kier molecular flexibility index (Phi) is 5.08. The number of hydrazine groups is 1. The van der Waals surface area contributed by atoms with Crippen molar-refractivity contribution in [3.63, 3.8) is 0 Å². The van der Waals surface area contributed by atoms with E-state index < -0.39 is 0 Å². The first-order valence-corrected chi connectivity index (χ1v) is 9.34. The molecule has 26 heavy (non-hydrogen) atoms. The van der Waals surface area contributed by atoms with E-state index in [-0.39, 0.29) is 18.0 Å². The van der Waals surface area contributed by atoms with Crippen molar-refractivity contribution in [1.82, 2.24) is 20.7 Å². The first kappa shape index (κ1) is 17.7. The lowest BCUT2D eigenvalue weighted by molar-refractivity contribution is -0.125. The van der Waals surface area contributed by atoms with Gasteiger partial charge in [-0.1, -0.05) is 0 Å². The Hall–Kier alpha value is -1.74. The Morgan fingerprint density at radius 3 is 2.81 bits per heavy atom. The van der Waals surface area contributed by atoms with E-state index in [0.717, 1.165) is 31.6 Å². The van der Waals surface area contributed by atoms with Crippen LogP contribution in [-0.2, 0) is 9.53 Å². The molecule has 3 aliphatic heterocycles. The van der Waals surface area contributed by atoms with Gasteiger partial charge in [-0.3, -0.25) is 25.4 Å². The number of nitrogens with zero attached hydrogens (tertiary/aromatic N) is 3. The van der Waals surface area contributed by atoms with E-state index >= 15 is 0 Å². The summed E-state index contributed by atoms with van der Waals surface area (Å²) in [4.78, 5) is 21.8. The number of amides is 1. The molecule has 0 saturated carbocycles. The molecule has 0 aliphatic carbocycles. The number of carbonyl (C=O) groups excluding carboxylic acids is 1. The average Bonchev–Trinajstić information content (AvgIpc) is 3.32. The zero-order chi connectivity index (χ0) is 18.1. The molecule has 8 nitrogen and oxygen atoms in total. The summed E-state index contributed by atoms with van der Waals surface area (Å²) in [5.41, 5.74) is 7.33. The highest BCUT2D eigenvalue weighted by Crippen LogP contribution is 2.31. The third-order valence-corrected chi connectivity index (χ3v) is 5.60. The van der Waals surface area contributed by atoms with Gasteiger partial charge in [0, 0.05) is 43.7 Å². The number of anilines is 1. The van der Waals surface area contributed by atoms with E-state index in [1.165, 1.54) is 0 Å². The zero-order valence-corrected chi connectivity index (χ0v) is 15.4. The predicted molar refractivity (Wildman–Crippen MR) is 97.3 cm³/mol. The van der Waals surface area contributed by atoms with E-state index in [1.807, 2.05) is 12.1 Å². The van der Waals surface area contributed by atoms with Crippen molar-refractivity contribution in [3.05, 3.63) is 17.7 Å². The Morgan fingerprint density at radius 2 is 2.08 bits per heavy atom. The molecule has 0 aromatic carbocycles. The van der Waals surface area contributed by atoms with Gasteiger partial charge in [-0.15, -0.1) is 0 Å². The lowest BCUT2D eigenvalue weighted by atomic mass is 10.0. The van der Waals surface area contributed by atoms with Gasteiger partial charge in [-0.05, 0) is 25.5 Å². The second-order valence-electron chi connectivity index (χ2n) is 7.18. The number of morpholine rings is 1. The summed E-state index contributed by atoms with van der Waals surface area (Å²) in [5.74, 6) is 1.74. The number of aromatic nitrogens is 1. The number of methoxy groups -OCH3 is 1. The zero-order valence-electron chi connectivity index (χ0n) is 15.4. The Labute approximate surface area is 153 Å². The maximum Gasteiger partial charge on any atom is 0.245 e. The van der Waals surface area contributed by atoms with Crippen LogP contribution in [0, 0.1) is 0 Å². The van der Waals surface area contributed by atoms with Crippen molar-refractivity contribution in [1.29, 1.82) is 0 Å². The second-order valence-corrected chi connectivity index (χ2v) is 7.18. The van der Waals surface area contributed by atoms with E-state index in [1.54, 1.807) is 12.0 Å². The van der Waals surface area contributed by atoms with Gasteiger partial charge < -0.3 is 9.47 Å². The SMILES string of the molecule is COc1nc(N2CCC(N3CCOC[C@H]3C)C2=O)ccc1C1CNNC1. The monoisotopic (exact) mass is 361 g/mol. The molecule has 8 heteroatoms. The maximum atomic E-state index is 13.0. The fraction of sp³-hybridized carbons (Fsp3) is 0.667. The molecular formula is C18H27N5O3. The van der Waals surface area contributed by atoms with Crippen LogP contribution in [0.3, 0.4) is 0 Å². The van der Waals surface area contributed by atoms with Gasteiger partial charge in [0.25, 0.3) is 0 Å². The van der Waals surface area contributed by atoms with E-state index in [2.05, 4.69) is 27.7 Å². The minimum Gasteiger partial charge on any atom is -0.481 e. The van der Waals surface area contributed by atoms with Crippen LogP contribution in [0.15, 0.2) is 12.1 Å². The lowest BCUT2D eigenvalue weighted by Crippen LogP contribution is -2.52. The van der Waals surface area contributed by atoms with Crippen molar-refractivity contribution >= 4 is 11.7 Å². The Balaban J connectivity index is 1.53. The van der Waals surface area contributed by atoms with Crippen molar-refractivity contribution in [3.8, 4) is 5.88 Å². The molecule has 1 unspecified atom stereocenters. The maximum absolute atomic E-state index is 13.0. The quantitative estimate of drug-likeness (QED) is 0.788. The third kappa shape index (κ3) is 3.18. The normalized spacial score (nSPS) is 28.1. The topological polar surface area (TPSA) is 79.0 Å². The lowest BCUT2D eigenvalue weighted by Gasteiger charge is -2.36. The molecule has 1 amide bonds. The molecule has 3 fully saturated rings. The molecule has 3 saturated heterocycles. The van der Waals surface area contributed by atoms with Gasteiger partial charge in [0.1, 0.15) is 5.82 Å². The molecule has 142 valence electrons. The summed E-state index contributed by atoms with van der Waals surface area (Å²) >= 11 is 0. The smallest absolute Gasteiger partial charge is 0.245 e. The fourth-order valence-electron chi connectivity index (χ4n) is 4.15. The van der Waals surface area contributed by atoms with Crippen LogP contribution >= 0.6 is 0 Å². The van der Waals surface area contributed by atoms with E-state index in [0.29, 0.717) is 37.4 Å². The van der Waals surface area contributed by atoms with Gasteiger partial charge in [0.2, 0.25) is 11.8 Å². The number of carbonyl (C=O) groups is 1. The Morgan fingerprint density at radius 1 is 1.27 bits per heavy atom. The predicted octanol–water partition coefficient (Wildman–Crippen LogP) is 0.108. The first-order valence-electron chi connectivity index (χ1n) is 9.34. The standard InChI is InChI=1S/C18H27N5O3/c1-12-11-26-8-7-22(12)15-5-6-23(18(15)24)16-4-3-14(17(21-16)25-2)13-9-19-20-10-13/h3-4,12-13,15,19-20H,5-11H2,1-2H3/t12-,15?/m1/s1. The van der Waals surface area contributed by atoms with Gasteiger partial charge >= 0.3 is 0 Å². The van der Waals surface area contributed by atoms with Gasteiger partial charge in [-0.2, -0.15) is 4.98 Å². The summed E-state index contributed by atoms with van der Waals surface area (Å²) in [6.45, 7) is 6.69. The van der Waals surface area contributed by atoms with E-state index in [9.17, 15) is 4.79 Å². The highest BCUT2D eigenvalue weighted by Gasteiger charge is 2.40. The van der Waals surface area contributed by atoms with Crippen molar-refractivity contribution in [2.45, 2.75) is 31.3 Å². The largest absolute Gasteiger partial charge is 0.481 e. The molecule has 4 heterocycles. The molecular weight excluding hydrogens is 334 g/mol. The number of ether oxygens (including phenoxy) is 2. The second kappa shape index (κ2) is 7.48. The number of hydrogen-bond acceptors (Lipinski definition) is 7. The minimum absolute atomic E-state index is 0.0791. The summed E-state index contributed by atoms with van der Waals surface area (Å²) in [7, 11) is 1.63. The summed E-state index contributed by atoms with van der Waals surface area (Å²) in [6, 6.07) is 4.17. The van der Waals surface area contributed by atoms with Crippen LogP contribution in [-0.4, -0.2) is 74.4 Å². The fourth-order valence-corrected chi connectivity index (χ4v) is 4.15. The summed E-state index contributed by atoms with van der Waals surface area (Å²) < 4.78 is 11.0. The molecule has 3 aliphatic rings. The van der Waals surface area contributed by atoms with Crippen molar-refractivity contribution in [2.75, 3.05) is 51.4 Å². The highest BCUT2D eigenvalue weighted by atomic mass is 16.5. The van der Waals surface area contributed by atoms with Gasteiger partial charge in [0.15, 0.2) is 0 Å². The third-order valence-electron chi connectivity index (χ3n) is 5.60. The number of nitrogens with one attached hydrogen (secondary N) is 2. The van der Waals surface area contributed by atoms with Crippen LogP contribution in [0.1, 0.15) is 24.8 Å². The van der Waals surface area contributed by atoms with Crippen LogP contribution in [0.2, 0.25) is 0 Å². The van der Waals surface area contributed by atoms with Crippen LogP contribution in [0.5, 0.6) is 5.88 Å². The van der Waals surface area contributed by atoms with Crippen LogP contribution < -0.4 is 20.5 Å². The van der Waals surface area contributed by atoms with Crippen molar-refractivity contribution in [2.24, 2.45) is 0 Å². The molecule has 0 spiro atoms. The Bertz CT molecular complexity index is 664. The summed E-state index contributed by atoms with van der Waals surface area (Å²) in [6.07, 6.45) is 0.825. The molecule has 1 aromatic heterocycles. The summed E-state index contributed by atoms with van der Waals surface area (Å²) in [5, 5.41) is 0. The van der Waals surface area contributed by atoms with E-state index in [4.69, 9.17) is 9.47 Å². The molecule has 1 aromatic rings. The molecule has 2 atom stereocenters. The average molecular weight is 361 g/mol. The molecule has 0 radical (unpaired) electrons. The van der Waals surface area contributed by atoms with Crippen molar-refractivity contribution < 1.29 is 14.3 Å². The molecule has 4 rings (SSSR count). The van der Waals surface area contributed by atoms with Gasteiger partial charge in [0.05, 0.1) is 26.4 Å². The number of pyridine rings is 1. The number of hydrogen-bond donors (Lipinski definition) is 2.